The predicted molar refractivity (Wildman–Crippen MR) is 114 cm³/mol. The molecule has 0 amide bonds. The normalized spacial score (nSPS) is 14.3. The zero-order valence-corrected chi connectivity index (χ0v) is 16.5. The van der Waals surface area contributed by atoms with Crippen molar-refractivity contribution >= 4 is 23.0 Å². The van der Waals surface area contributed by atoms with Crippen LogP contribution in [0.25, 0.3) is 0 Å². The van der Waals surface area contributed by atoms with Crippen LogP contribution in [0.5, 0.6) is 0 Å². The summed E-state index contributed by atoms with van der Waals surface area (Å²) in [4.78, 5) is 4.63. The van der Waals surface area contributed by atoms with E-state index in [1.165, 1.54) is 5.56 Å². The average Bonchev–Trinajstić information content (AvgIpc) is 2.68. The smallest absolute Gasteiger partial charge is 0.177 e. The van der Waals surface area contributed by atoms with E-state index in [4.69, 9.17) is 5.73 Å². The number of hydrogen-bond acceptors (Lipinski definition) is 4. The first kappa shape index (κ1) is 21.1. The fraction of sp³-hybridized carbons (Fsp3) is 0.350. The average molecular weight is 390 g/mol. The number of halogens is 1. The summed E-state index contributed by atoms with van der Waals surface area (Å²) in [6, 6.07) is 16.1. The number of benzene rings is 2. The van der Waals surface area contributed by atoms with Crippen LogP contribution in [0.3, 0.4) is 0 Å². The standard InChI is InChI=1S/C19H23FN2.CH5N3S/c1-16-7-8-19(18(20)15-16)22-13-11-21(12-14-22)10-9-17-5-3-2-4-6-17;2-1(5)4-3/h2-8,15H,9-14H2,1H3;3H2,(H3,2,4,5). The Bertz CT molecular complexity index is 718. The minimum atomic E-state index is -0.0993. The second kappa shape index (κ2) is 10.8. The highest BCUT2D eigenvalue weighted by molar-refractivity contribution is 7.80. The lowest BCUT2D eigenvalue weighted by Crippen LogP contribution is -2.47. The molecule has 3 rings (SSSR count). The Morgan fingerprint density at radius 3 is 2.30 bits per heavy atom. The number of anilines is 1. The van der Waals surface area contributed by atoms with E-state index >= 15 is 0 Å². The molecule has 27 heavy (non-hydrogen) atoms. The molecule has 2 aromatic carbocycles. The number of hydrogen-bond donors (Lipinski definition) is 3. The molecule has 146 valence electrons. The van der Waals surface area contributed by atoms with Crippen molar-refractivity contribution in [3.8, 4) is 0 Å². The highest BCUT2D eigenvalue weighted by atomic mass is 32.1. The number of aryl methyl sites for hydroxylation is 1. The number of rotatable bonds is 4. The molecular formula is C20H28FN5S. The molecule has 0 atom stereocenters. The van der Waals surface area contributed by atoms with Crippen molar-refractivity contribution in [1.29, 1.82) is 0 Å². The van der Waals surface area contributed by atoms with Gasteiger partial charge in [0.25, 0.3) is 0 Å². The van der Waals surface area contributed by atoms with Gasteiger partial charge in [0, 0.05) is 32.7 Å². The summed E-state index contributed by atoms with van der Waals surface area (Å²) in [7, 11) is 0. The second-order valence-electron chi connectivity index (χ2n) is 6.53. The van der Waals surface area contributed by atoms with Crippen LogP contribution in [0.4, 0.5) is 10.1 Å². The summed E-state index contributed by atoms with van der Waals surface area (Å²) >= 11 is 4.24. The van der Waals surface area contributed by atoms with Gasteiger partial charge in [-0.1, -0.05) is 36.4 Å². The Morgan fingerprint density at radius 1 is 1.11 bits per heavy atom. The maximum atomic E-state index is 14.0. The quantitative estimate of drug-likeness (QED) is 0.423. The van der Waals surface area contributed by atoms with E-state index < -0.39 is 0 Å². The minimum Gasteiger partial charge on any atom is -0.375 e. The Balaban J connectivity index is 0.000000465. The Morgan fingerprint density at radius 2 is 1.74 bits per heavy atom. The van der Waals surface area contributed by atoms with E-state index in [1.807, 2.05) is 24.5 Å². The molecule has 0 aromatic heterocycles. The van der Waals surface area contributed by atoms with Crippen molar-refractivity contribution in [3.05, 3.63) is 65.5 Å². The molecule has 0 bridgehead atoms. The van der Waals surface area contributed by atoms with Gasteiger partial charge in [-0.15, -0.1) is 0 Å². The van der Waals surface area contributed by atoms with Crippen molar-refractivity contribution < 1.29 is 4.39 Å². The number of thiocarbonyl (C=S) groups is 1. The fourth-order valence-corrected chi connectivity index (χ4v) is 3.01. The molecule has 1 aliphatic heterocycles. The van der Waals surface area contributed by atoms with Crippen molar-refractivity contribution in [2.24, 2.45) is 11.6 Å². The summed E-state index contributed by atoms with van der Waals surface area (Å²) < 4.78 is 14.0. The second-order valence-corrected chi connectivity index (χ2v) is 6.97. The number of nitrogens with zero attached hydrogens (tertiary/aromatic N) is 2. The number of nitrogens with two attached hydrogens (primary N) is 2. The zero-order chi connectivity index (χ0) is 19.6. The van der Waals surface area contributed by atoms with Gasteiger partial charge in [0.15, 0.2) is 5.11 Å². The molecule has 5 nitrogen and oxygen atoms in total. The van der Waals surface area contributed by atoms with Crippen molar-refractivity contribution in [3.63, 3.8) is 0 Å². The van der Waals surface area contributed by atoms with Crippen molar-refractivity contribution in [1.82, 2.24) is 10.3 Å². The molecule has 1 saturated heterocycles. The highest BCUT2D eigenvalue weighted by Gasteiger charge is 2.19. The van der Waals surface area contributed by atoms with Crippen LogP contribution in [-0.2, 0) is 6.42 Å². The largest absolute Gasteiger partial charge is 0.375 e. The maximum absolute atomic E-state index is 14.0. The number of nitrogens with one attached hydrogen (secondary N) is 1. The molecule has 0 radical (unpaired) electrons. The first-order valence-electron chi connectivity index (χ1n) is 9.03. The van der Waals surface area contributed by atoms with Gasteiger partial charge < -0.3 is 16.1 Å². The molecule has 0 aliphatic carbocycles. The van der Waals surface area contributed by atoms with Gasteiger partial charge in [0.05, 0.1) is 5.69 Å². The molecule has 1 aliphatic rings. The Labute approximate surface area is 166 Å². The van der Waals surface area contributed by atoms with Crippen LogP contribution in [-0.4, -0.2) is 42.7 Å². The van der Waals surface area contributed by atoms with Gasteiger partial charge in [0.2, 0.25) is 0 Å². The van der Waals surface area contributed by atoms with Crippen LogP contribution >= 0.6 is 12.2 Å². The molecule has 7 heteroatoms. The Kier molecular flexibility index (Phi) is 8.44. The highest BCUT2D eigenvalue weighted by Crippen LogP contribution is 2.21. The van der Waals surface area contributed by atoms with Gasteiger partial charge >= 0.3 is 0 Å². The van der Waals surface area contributed by atoms with E-state index in [0.717, 1.165) is 50.4 Å². The summed E-state index contributed by atoms with van der Waals surface area (Å²) in [5.41, 5.74) is 9.93. The minimum absolute atomic E-state index is 0.0993. The van der Waals surface area contributed by atoms with Gasteiger partial charge in [-0.3, -0.25) is 4.90 Å². The van der Waals surface area contributed by atoms with Gasteiger partial charge in [-0.25, -0.2) is 10.2 Å². The van der Waals surface area contributed by atoms with Gasteiger partial charge in [-0.2, -0.15) is 0 Å². The van der Waals surface area contributed by atoms with Gasteiger partial charge in [0.1, 0.15) is 5.82 Å². The van der Waals surface area contributed by atoms with Crippen LogP contribution in [0.15, 0.2) is 48.5 Å². The van der Waals surface area contributed by atoms with E-state index in [-0.39, 0.29) is 10.9 Å². The first-order valence-corrected chi connectivity index (χ1v) is 9.44. The number of piperazine rings is 1. The van der Waals surface area contributed by atoms with Crippen LogP contribution in [0, 0.1) is 12.7 Å². The SMILES string of the molecule is Cc1ccc(N2CCN(CCc3ccccc3)CC2)c(F)c1.NNC(N)=S. The predicted octanol–water partition coefficient (Wildman–Crippen LogP) is 2.19. The Hall–Kier alpha value is -2.22. The third kappa shape index (κ3) is 7.13. The van der Waals surface area contributed by atoms with Crippen molar-refractivity contribution in [2.75, 3.05) is 37.6 Å². The van der Waals surface area contributed by atoms with E-state index in [1.54, 1.807) is 6.07 Å². The van der Waals surface area contributed by atoms with E-state index in [2.05, 4.69) is 58.2 Å². The summed E-state index contributed by atoms with van der Waals surface area (Å²) in [5.74, 6) is 4.56. The molecule has 0 saturated carbocycles. The van der Waals surface area contributed by atoms with E-state index in [0.29, 0.717) is 0 Å². The molecular weight excluding hydrogens is 361 g/mol. The van der Waals surface area contributed by atoms with E-state index in [9.17, 15) is 4.39 Å². The lowest BCUT2D eigenvalue weighted by atomic mass is 10.1. The lowest BCUT2D eigenvalue weighted by molar-refractivity contribution is 0.260. The lowest BCUT2D eigenvalue weighted by Gasteiger charge is -2.36. The summed E-state index contributed by atoms with van der Waals surface area (Å²) in [5, 5.41) is 0.116. The molecule has 5 N–H and O–H groups in total. The third-order valence-corrected chi connectivity index (χ3v) is 4.64. The third-order valence-electron chi connectivity index (χ3n) is 4.52. The van der Waals surface area contributed by atoms with Gasteiger partial charge in [-0.05, 0) is 48.8 Å². The van der Waals surface area contributed by atoms with Crippen molar-refractivity contribution in [2.45, 2.75) is 13.3 Å². The van der Waals surface area contributed by atoms with Crippen LogP contribution in [0.2, 0.25) is 0 Å². The molecule has 0 spiro atoms. The molecule has 0 unspecified atom stereocenters. The van der Waals surface area contributed by atoms with Crippen LogP contribution < -0.4 is 21.9 Å². The topological polar surface area (TPSA) is 70.5 Å². The molecule has 1 fully saturated rings. The molecule has 2 aromatic rings. The summed E-state index contributed by atoms with van der Waals surface area (Å²) in [6.45, 7) is 6.80. The fourth-order valence-electron chi connectivity index (χ4n) is 3.01. The molecule has 1 heterocycles. The first-order chi connectivity index (χ1) is 13.0. The zero-order valence-electron chi connectivity index (χ0n) is 15.7. The number of hydrazine groups is 1. The van der Waals surface area contributed by atoms with Crippen LogP contribution in [0.1, 0.15) is 11.1 Å². The monoisotopic (exact) mass is 389 g/mol. The summed E-state index contributed by atoms with van der Waals surface area (Å²) in [6.07, 6.45) is 1.08. The maximum Gasteiger partial charge on any atom is 0.177 e.